The molecule has 3 aromatic rings. The molecule has 0 atom stereocenters. The van der Waals surface area contributed by atoms with Gasteiger partial charge in [-0.05, 0) is 36.4 Å². The number of thiazole rings is 1. The van der Waals surface area contributed by atoms with Crippen LogP contribution in [0.3, 0.4) is 0 Å². The number of esters is 1. The number of hydrogen-bond acceptors (Lipinski definition) is 7. The Morgan fingerprint density at radius 1 is 1.25 bits per heavy atom. The number of methoxy groups -OCH3 is 1. The zero-order valence-electron chi connectivity index (χ0n) is 12.7. The third-order valence-electron chi connectivity index (χ3n) is 3.14. The molecule has 0 radical (unpaired) electrons. The molecule has 1 heterocycles. The van der Waals surface area contributed by atoms with Crippen molar-refractivity contribution >= 4 is 44.4 Å². The predicted octanol–water partition coefficient (Wildman–Crippen LogP) is 4.60. The molecular weight excluding hydrogens is 326 g/mol. The predicted molar refractivity (Wildman–Crippen MR) is 93.0 cm³/mol. The Morgan fingerprint density at radius 2 is 2.08 bits per heavy atom. The second-order valence-electron chi connectivity index (χ2n) is 4.76. The molecule has 6 nitrogen and oxygen atoms in total. The third-order valence-corrected chi connectivity index (χ3v) is 4.06. The Balaban J connectivity index is 1.91. The number of azo groups is 1. The second-order valence-corrected chi connectivity index (χ2v) is 5.77. The number of nitrogens with zero attached hydrogens (tertiary/aromatic N) is 3. The lowest BCUT2D eigenvalue weighted by molar-refractivity contribution is -0.134. The number of rotatable bonds is 4. The lowest BCUT2D eigenvalue weighted by Gasteiger charge is -2.00. The fourth-order valence-corrected chi connectivity index (χ4v) is 2.78. The van der Waals surface area contributed by atoms with Gasteiger partial charge < -0.3 is 9.84 Å². The molecule has 24 heavy (non-hydrogen) atoms. The number of benzene rings is 2. The maximum absolute atomic E-state index is 11.2. The Bertz CT molecular complexity index is 914. The van der Waals surface area contributed by atoms with Crippen LogP contribution in [-0.4, -0.2) is 23.2 Å². The number of carbonyl (C=O) groups excluding carboxylic acids is 1. The lowest BCUT2D eigenvalue weighted by Crippen LogP contribution is -1.93. The Labute approximate surface area is 141 Å². The van der Waals surface area contributed by atoms with Gasteiger partial charge in [-0.25, -0.2) is 9.78 Å². The number of hydrogen-bond donors (Lipinski definition) is 1. The first-order valence-electron chi connectivity index (χ1n) is 7.02. The maximum Gasteiger partial charge on any atom is 0.330 e. The molecule has 1 N–H and O–H groups in total. The van der Waals surface area contributed by atoms with Gasteiger partial charge in [0.1, 0.15) is 5.75 Å². The highest BCUT2D eigenvalue weighted by atomic mass is 32.1. The van der Waals surface area contributed by atoms with Crippen LogP contribution < -0.4 is 0 Å². The van der Waals surface area contributed by atoms with Gasteiger partial charge in [-0.1, -0.05) is 23.5 Å². The van der Waals surface area contributed by atoms with Gasteiger partial charge >= 0.3 is 5.97 Å². The molecule has 0 aliphatic carbocycles. The number of aromatic nitrogens is 1. The van der Waals surface area contributed by atoms with Crippen LogP contribution in [0.4, 0.5) is 10.8 Å². The summed E-state index contributed by atoms with van der Waals surface area (Å²) in [5.74, 6) is -0.425. The second kappa shape index (κ2) is 7.01. The summed E-state index contributed by atoms with van der Waals surface area (Å²) in [6.07, 6.45) is 2.77. The summed E-state index contributed by atoms with van der Waals surface area (Å²) < 4.78 is 5.58. The molecule has 2 aromatic carbocycles. The maximum atomic E-state index is 11.2. The van der Waals surface area contributed by atoms with Gasteiger partial charge in [0, 0.05) is 11.6 Å². The van der Waals surface area contributed by atoms with E-state index in [1.807, 2.05) is 24.3 Å². The van der Waals surface area contributed by atoms with Crippen LogP contribution in [-0.2, 0) is 9.53 Å². The van der Waals surface area contributed by atoms with Crippen molar-refractivity contribution in [1.82, 2.24) is 4.98 Å². The highest BCUT2D eigenvalue weighted by Crippen LogP contribution is 2.31. The molecule has 0 spiro atoms. The van der Waals surface area contributed by atoms with Gasteiger partial charge in [0.15, 0.2) is 0 Å². The Kier molecular flexibility index (Phi) is 4.62. The van der Waals surface area contributed by atoms with Gasteiger partial charge in [0.2, 0.25) is 5.13 Å². The van der Waals surface area contributed by atoms with Gasteiger partial charge in [-0.15, -0.1) is 10.2 Å². The van der Waals surface area contributed by atoms with E-state index in [1.165, 1.54) is 42.7 Å². The fourth-order valence-electron chi connectivity index (χ4n) is 1.99. The van der Waals surface area contributed by atoms with Gasteiger partial charge in [-0.2, -0.15) is 0 Å². The van der Waals surface area contributed by atoms with Gasteiger partial charge in [0.05, 0.1) is 23.0 Å². The van der Waals surface area contributed by atoms with Crippen molar-refractivity contribution in [2.75, 3.05) is 7.11 Å². The van der Waals surface area contributed by atoms with E-state index in [4.69, 9.17) is 0 Å². The van der Waals surface area contributed by atoms with Crippen molar-refractivity contribution in [3.63, 3.8) is 0 Å². The highest BCUT2D eigenvalue weighted by Gasteiger charge is 2.04. The van der Waals surface area contributed by atoms with E-state index in [1.54, 1.807) is 6.07 Å². The van der Waals surface area contributed by atoms with Crippen LogP contribution >= 0.6 is 11.3 Å². The van der Waals surface area contributed by atoms with Crippen LogP contribution in [0.2, 0.25) is 0 Å². The normalized spacial score (nSPS) is 11.5. The molecule has 0 fully saturated rings. The molecule has 7 heteroatoms. The fraction of sp³-hybridized carbons (Fsp3) is 0.0588. The monoisotopic (exact) mass is 339 g/mol. The summed E-state index contributed by atoms with van der Waals surface area (Å²) in [5, 5.41) is 18.5. The van der Waals surface area contributed by atoms with E-state index >= 15 is 0 Å². The summed E-state index contributed by atoms with van der Waals surface area (Å²) in [4.78, 5) is 15.6. The first kappa shape index (κ1) is 15.8. The molecule has 0 unspecified atom stereocenters. The van der Waals surface area contributed by atoms with Crippen LogP contribution in [0.5, 0.6) is 5.75 Å². The minimum Gasteiger partial charge on any atom is -0.508 e. The average molecular weight is 339 g/mol. The first-order valence-corrected chi connectivity index (χ1v) is 7.84. The molecular formula is C17H13N3O3S. The van der Waals surface area contributed by atoms with Crippen LogP contribution in [0, 0.1) is 0 Å². The topological polar surface area (TPSA) is 84.1 Å². The lowest BCUT2D eigenvalue weighted by atomic mass is 10.1. The van der Waals surface area contributed by atoms with Crippen molar-refractivity contribution in [2.45, 2.75) is 0 Å². The van der Waals surface area contributed by atoms with Crippen molar-refractivity contribution in [3.05, 3.63) is 54.1 Å². The number of carbonyl (C=O) groups is 1. The van der Waals surface area contributed by atoms with E-state index in [9.17, 15) is 9.90 Å². The molecule has 0 bridgehead atoms. The van der Waals surface area contributed by atoms with Crippen LogP contribution in [0.15, 0.2) is 58.8 Å². The summed E-state index contributed by atoms with van der Waals surface area (Å²) in [6, 6.07) is 12.3. The Hall–Kier alpha value is -3.06. The molecule has 120 valence electrons. The minimum atomic E-state index is -0.493. The quantitative estimate of drug-likeness (QED) is 0.427. The molecule has 0 aliphatic rings. The summed E-state index contributed by atoms with van der Waals surface area (Å²) in [7, 11) is 1.29. The summed E-state index contributed by atoms with van der Waals surface area (Å²) in [5.41, 5.74) is 1.92. The molecule has 0 saturated heterocycles. The third kappa shape index (κ3) is 3.64. The molecule has 0 amide bonds. The smallest absolute Gasteiger partial charge is 0.330 e. The molecule has 0 aliphatic heterocycles. The minimum absolute atomic E-state index is 0.0680. The molecule has 1 aromatic heterocycles. The van der Waals surface area contributed by atoms with E-state index in [-0.39, 0.29) is 5.75 Å². The number of phenols is 1. The standard InChI is InChI=1S/C17H13N3O3S/c1-23-16(22)9-6-11-10-12(21)7-8-13(11)19-20-17-18-14-4-2-3-5-15(14)24-17/h2-10,21H,1H3/b9-6-,20-19+. The van der Waals surface area contributed by atoms with Crippen LogP contribution in [0.25, 0.3) is 16.3 Å². The van der Waals surface area contributed by atoms with E-state index in [0.717, 1.165) is 10.2 Å². The SMILES string of the molecule is COC(=O)/C=C\c1cc(O)ccc1/N=N/c1nc2ccccc2s1. The highest BCUT2D eigenvalue weighted by molar-refractivity contribution is 7.21. The van der Waals surface area contributed by atoms with Crippen molar-refractivity contribution in [1.29, 1.82) is 0 Å². The number of para-hydroxylation sites is 1. The van der Waals surface area contributed by atoms with Crippen molar-refractivity contribution in [3.8, 4) is 5.75 Å². The Morgan fingerprint density at radius 3 is 2.88 bits per heavy atom. The van der Waals surface area contributed by atoms with Gasteiger partial charge in [-0.3, -0.25) is 0 Å². The molecule has 3 rings (SSSR count). The zero-order valence-corrected chi connectivity index (χ0v) is 13.5. The molecule has 0 saturated carbocycles. The van der Waals surface area contributed by atoms with Crippen molar-refractivity contribution in [2.24, 2.45) is 10.2 Å². The van der Waals surface area contributed by atoms with E-state index in [0.29, 0.717) is 16.4 Å². The summed E-state index contributed by atoms with van der Waals surface area (Å²) in [6.45, 7) is 0. The van der Waals surface area contributed by atoms with Gasteiger partial charge in [0.25, 0.3) is 0 Å². The van der Waals surface area contributed by atoms with E-state index in [2.05, 4.69) is 19.9 Å². The number of ether oxygens (including phenoxy) is 1. The van der Waals surface area contributed by atoms with E-state index < -0.39 is 5.97 Å². The number of aromatic hydroxyl groups is 1. The first-order chi connectivity index (χ1) is 11.7. The van der Waals surface area contributed by atoms with Crippen molar-refractivity contribution < 1.29 is 14.6 Å². The zero-order chi connectivity index (χ0) is 16.9. The summed E-state index contributed by atoms with van der Waals surface area (Å²) >= 11 is 1.43. The number of fused-ring (bicyclic) bond motifs is 1. The average Bonchev–Trinajstić information content (AvgIpc) is 3.01. The number of phenolic OH excluding ortho intramolecular Hbond substituents is 1. The van der Waals surface area contributed by atoms with Crippen LogP contribution in [0.1, 0.15) is 5.56 Å². The largest absolute Gasteiger partial charge is 0.508 e.